The summed E-state index contributed by atoms with van der Waals surface area (Å²) in [6, 6.07) is 2.96. The molecule has 0 bridgehead atoms. The molecule has 182 valence electrons. The van der Waals surface area contributed by atoms with Crippen LogP contribution in [0, 0.1) is 35.3 Å². The molecular formula is C27H42F2O3. The zero-order valence-electron chi connectivity index (χ0n) is 20.1. The van der Waals surface area contributed by atoms with Gasteiger partial charge in [-0.05, 0) is 87.2 Å². The van der Waals surface area contributed by atoms with Crippen molar-refractivity contribution in [2.45, 2.75) is 84.0 Å². The molecule has 32 heavy (non-hydrogen) atoms. The van der Waals surface area contributed by atoms with Crippen molar-refractivity contribution >= 4 is 0 Å². The molecule has 0 N–H and O–H groups in total. The quantitative estimate of drug-likeness (QED) is 0.306. The topological polar surface area (TPSA) is 27.7 Å². The molecule has 3 rings (SSSR count). The Balaban J connectivity index is 1.38. The fraction of sp³-hybridized carbons (Fsp3) is 0.778. The summed E-state index contributed by atoms with van der Waals surface area (Å²) in [5, 5.41) is 0. The molecule has 2 fully saturated rings. The van der Waals surface area contributed by atoms with Crippen molar-refractivity contribution in [2.75, 3.05) is 26.9 Å². The highest BCUT2D eigenvalue weighted by Gasteiger charge is 2.31. The molecule has 0 radical (unpaired) electrons. The molecule has 2 aliphatic carbocycles. The van der Waals surface area contributed by atoms with Crippen LogP contribution in [-0.2, 0) is 4.74 Å². The van der Waals surface area contributed by atoms with Gasteiger partial charge in [0.25, 0.3) is 0 Å². The second kappa shape index (κ2) is 13.4. The Hall–Kier alpha value is -1.36. The monoisotopic (exact) mass is 452 g/mol. The third kappa shape index (κ3) is 7.33. The number of benzene rings is 1. The first-order chi connectivity index (χ1) is 15.6. The standard InChI is InChI=1S/C27H42F2O3/c1-3-6-20-7-11-22(12-8-20)23-13-9-21(10-14-23)19-32-25-16-15-24(26(28)27(25)29)31-18-5-4-17-30-2/h15-16,20-23H,3-14,17-19H2,1-2H3. The number of halogens is 2. The number of hydrogen-bond donors (Lipinski definition) is 0. The smallest absolute Gasteiger partial charge is 0.204 e. The fourth-order valence-electron chi connectivity index (χ4n) is 5.66. The molecule has 0 aromatic heterocycles. The lowest BCUT2D eigenvalue weighted by Crippen LogP contribution is -2.27. The highest BCUT2D eigenvalue weighted by molar-refractivity contribution is 5.35. The summed E-state index contributed by atoms with van der Waals surface area (Å²) < 4.78 is 44.8. The van der Waals surface area contributed by atoms with E-state index >= 15 is 0 Å². The number of unbranched alkanes of at least 4 members (excludes halogenated alkanes) is 1. The van der Waals surface area contributed by atoms with Gasteiger partial charge in [-0.15, -0.1) is 0 Å². The van der Waals surface area contributed by atoms with E-state index in [1.165, 1.54) is 63.5 Å². The minimum absolute atomic E-state index is 0.00870. The number of rotatable bonds is 12. The summed E-state index contributed by atoms with van der Waals surface area (Å²) in [6.07, 6.45) is 14.7. The summed E-state index contributed by atoms with van der Waals surface area (Å²) in [4.78, 5) is 0. The van der Waals surface area contributed by atoms with Crippen LogP contribution in [0.2, 0.25) is 0 Å². The molecule has 0 amide bonds. The maximum absolute atomic E-state index is 14.4. The Labute approximate surface area is 193 Å². The first kappa shape index (κ1) is 25.3. The summed E-state index contributed by atoms with van der Waals surface area (Å²) in [5.74, 6) is 1.17. The van der Waals surface area contributed by atoms with Gasteiger partial charge in [0.05, 0.1) is 13.2 Å². The molecule has 1 aromatic rings. The average Bonchev–Trinajstić information content (AvgIpc) is 2.82. The second-order valence-electron chi connectivity index (χ2n) is 9.90. The molecule has 3 nitrogen and oxygen atoms in total. The number of methoxy groups -OCH3 is 1. The van der Waals surface area contributed by atoms with Crippen LogP contribution < -0.4 is 9.47 Å². The summed E-state index contributed by atoms with van der Waals surface area (Å²) in [5.41, 5.74) is 0. The molecule has 0 atom stereocenters. The highest BCUT2D eigenvalue weighted by Crippen LogP contribution is 2.42. The number of hydrogen-bond acceptors (Lipinski definition) is 3. The van der Waals surface area contributed by atoms with Crippen LogP contribution >= 0.6 is 0 Å². The van der Waals surface area contributed by atoms with E-state index in [4.69, 9.17) is 14.2 Å². The van der Waals surface area contributed by atoms with E-state index < -0.39 is 11.6 Å². The van der Waals surface area contributed by atoms with Crippen LogP contribution in [0.4, 0.5) is 8.78 Å². The lowest BCUT2D eigenvalue weighted by molar-refractivity contribution is 0.120. The van der Waals surface area contributed by atoms with Crippen molar-refractivity contribution < 1.29 is 23.0 Å². The lowest BCUT2D eigenvalue weighted by Gasteiger charge is -2.37. The Bertz CT molecular complexity index is 665. The van der Waals surface area contributed by atoms with E-state index in [9.17, 15) is 8.78 Å². The molecule has 0 aliphatic heterocycles. The van der Waals surface area contributed by atoms with Crippen LogP contribution in [0.3, 0.4) is 0 Å². The fourth-order valence-corrected chi connectivity index (χ4v) is 5.66. The first-order valence-corrected chi connectivity index (χ1v) is 12.8. The van der Waals surface area contributed by atoms with Gasteiger partial charge in [-0.3, -0.25) is 0 Å². The molecule has 1 aromatic carbocycles. The van der Waals surface area contributed by atoms with E-state index in [-0.39, 0.29) is 11.5 Å². The normalized spacial score (nSPS) is 26.1. The maximum atomic E-state index is 14.4. The van der Waals surface area contributed by atoms with E-state index in [1.807, 2.05) is 0 Å². The van der Waals surface area contributed by atoms with Gasteiger partial charge in [-0.1, -0.05) is 32.6 Å². The molecule has 2 aliphatic rings. The van der Waals surface area contributed by atoms with Gasteiger partial charge in [0, 0.05) is 13.7 Å². The molecule has 0 spiro atoms. The van der Waals surface area contributed by atoms with Crippen molar-refractivity contribution in [2.24, 2.45) is 23.7 Å². The SMILES string of the molecule is CCCC1CCC(C2CCC(COc3ccc(OCCCCOC)c(F)c3F)CC2)CC1. The van der Waals surface area contributed by atoms with Crippen molar-refractivity contribution in [3.63, 3.8) is 0 Å². The average molecular weight is 453 g/mol. The Morgan fingerprint density at radius 1 is 0.750 bits per heavy atom. The van der Waals surface area contributed by atoms with Gasteiger partial charge < -0.3 is 14.2 Å². The molecular weight excluding hydrogens is 410 g/mol. The van der Waals surface area contributed by atoms with Gasteiger partial charge in [-0.2, -0.15) is 8.78 Å². The Kier molecular flexibility index (Phi) is 10.6. The predicted molar refractivity (Wildman–Crippen MR) is 124 cm³/mol. The maximum Gasteiger partial charge on any atom is 0.204 e. The van der Waals surface area contributed by atoms with Crippen LogP contribution in [0.25, 0.3) is 0 Å². The van der Waals surface area contributed by atoms with Crippen LogP contribution in [0.1, 0.15) is 84.0 Å². The van der Waals surface area contributed by atoms with Gasteiger partial charge in [-0.25, -0.2) is 0 Å². The zero-order chi connectivity index (χ0) is 22.8. The first-order valence-electron chi connectivity index (χ1n) is 12.8. The minimum Gasteiger partial charge on any atom is -0.490 e. The van der Waals surface area contributed by atoms with Crippen molar-refractivity contribution in [3.05, 3.63) is 23.8 Å². The van der Waals surface area contributed by atoms with Crippen molar-refractivity contribution in [1.82, 2.24) is 0 Å². The van der Waals surface area contributed by atoms with Crippen LogP contribution in [0.5, 0.6) is 11.5 Å². The second-order valence-corrected chi connectivity index (χ2v) is 9.90. The third-order valence-corrected chi connectivity index (χ3v) is 7.63. The lowest BCUT2D eigenvalue weighted by atomic mass is 9.69. The Morgan fingerprint density at radius 3 is 1.84 bits per heavy atom. The van der Waals surface area contributed by atoms with Gasteiger partial charge in [0.15, 0.2) is 11.5 Å². The molecule has 0 unspecified atom stereocenters. The van der Waals surface area contributed by atoms with E-state index in [0.29, 0.717) is 25.7 Å². The van der Waals surface area contributed by atoms with Crippen LogP contribution in [0.15, 0.2) is 12.1 Å². The minimum atomic E-state index is -0.961. The zero-order valence-corrected chi connectivity index (χ0v) is 20.1. The molecule has 0 saturated heterocycles. The van der Waals surface area contributed by atoms with Gasteiger partial charge >= 0.3 is 0 Å². The summed E-state index contributed by atoms with van der Waals surface area (Å²) >= 11 is 0. The van der Waals surface area contributed by atoms with Gasteiger partial charge in [0.2, 0.25) is 11.6 Å². The van der Waals surface area contributed by atoms with Crippen molar-refractivity contribution in [3.8, 4) is 11.5 Å². The van der Waals surface area contributed by atoms with E-state index in [1.54, 1.807) is 7.11 Å². The van der Waals surface area contributed by atoms with Crippen LogP contribution in [-0.4, -0.2) is 26.9 Å². The van der Waals surface area contributed by atoms with Gasteiger partial charge in [0.1, 0.15) is 0 Å². The summed E-state index contributed by atoms with van der Waals surface area (Å²) in [7, 11) is 1.64. The predicted octanol–water partition coefficient (Wildman–Crippen LogP) is 7.56. The third-order valence-electron chi connectivity index (χ3n) is 7.63. The highest BCUT2D eigenvalue weighted by atomic mass is 19.2. The van der Waals surface area contributed by atoms with E-state index in [2.05, 4.69) is 6.92 Å². The Morgan fingerprint density at radius 2 is 1.28 bits per heavy atom. The molecule has 2 saturated carbocycles. The molecule has 5 heteroatoms. The molecule has 0 heterocycles. The largest absolute Gasteiger partial charge is 0.490 e. The number of ether oxygens (including phenoxy) is 3. The van der Waals surface area contributed by atoms with E-state index in [0.717, 1.165) is 43.4 Å². The summed E-state index contributed by atoms with van der Waals surface area (Å²) in [6.45, 7) is 3.73. The van der Waals surface area contributed by atoms with Crippen molar-refractivity contribution in [1.29, 1.82) is 0 Å².